The molecule has 0 aliphatic heterocycles. The molecule has 0 radical (unpaired) electrons. The van der Waals surface area contributed by atoms with E-state index >= 15 is 0 Å². The molecule has 0 amide bonds. The molecule has 2 heterocycles. The molecular weight excluding hydrogens is 482 g/mol. The molecule has 36 heavy (non-hydrogen) atoms. The van der Waals surface area contributed by atoms with Crippen LogP contribution in [0.2, 0.25) is 0 Å². The van der Waals surface area contributed by atoms with Gasteiger partial charge in [-0.3, -0.25) is 9.89 Å². The Bertz CT molecular complexity index is 1510. The number of nitrogens with one attached hydrogen (secondary N) is 1. The van der Waals surface area contributed by atoms with Gasteiger partial charge in [0.2, 0.25) is 5.76 Å². The molecule has 0 atom stereocenters. The Hall–Kier alpha value is -2.40. The minimum atomic E-state index is -1.21. The van der Waals surface area contributed by atoms with Crippen molar-refractivity contribution in [2.45, 2.75) is 32.6 Å². The number of aromatic hydroxyl groups is 1. The third kappa shape index (κ3) is 5.46. The first-order chi connectivity index (χ1) is 16.4. The first-order valence-electron chi connectivity index (χ1n) is 10.9. The minimum absolute atomic E-state index is 0. The number of carbonyl (C=O) groups is 1. The number of rotatable bonds is 5. The van der Waals surface area contributed by atoms with E-state index in [1.54, 1.807) is 19.1 Å². The van der Waals surface area contributed by atoms with Gasteiger partial charge in [0.1, 0.15) is 11.4 Å². The van der Waals surface area contributed by atoms with Crippen molar-refractivity contribution in [2.75, 3.05) is 0 Å². The van der Waals surface area contributed by atoms with Gasteiger partial charge in [-0.1, -0.05) is 12.1 Å². The van der Waals surface area contributed by atoms with Crippen LogP contribution in [0.3, 0.4) is 0 Å². The maximum Gasteiger partial charge on any atom is 1.00 e. The number of furan rings is 1. The van der Waals surface area contributed by atoms with Gasteiger partial charge in [-0.05, 0) is 80.1 Å². The molecule has 4 aromatic rings. The van der Waals surface area contributed by atoms with Crippen molar-refractivity contribution in [3.8, 4) is 22.8 Å². The van der Waals surface area contributed by atoms with Crippen molar-refractivity contribution < 1.29 is 81.4 Å². The van der Waals surface area contributed by atoms with Gasteiger partial charge in [0, 0.05) is 0 Å². The molecule has 0 saturated heterocycles. The van der Waals surface area contributed by atoms with Crippen LogP contribution in [0.5, 0.6) is 5.75 Å². The van der Waals surface area contributed by atoms with Crippen LogP contribution in [-0.2, 0) is 12.8 Å². The summed E-state index contributed by atoms with van der Waals surface area (Å²) in [5.41, 5.74) is 4.04. The fourth-order valence-electron chi connectivity index (χ4n) is 4.21. The average molecular weight is 506 g/mol. The van der Waals surface area contributed by atoms with Crippen LogP contribution < -0.4 is 64.7 Å². The number of hydrogen-bond acceptors (Lipinski definition) is 6. The molecule has 2 aromatic carbocycles. The summed E-state index contributed by atoms with van der Waals surface area (Å²) in [6.45, 7) is 1.73. The van der Waals surface area contributed by atoms with E-state index in [1.807, 2.05) is 12.1 Å². The van der Waals surface area contributed by atoms with E-state index in [2.05, 4.69) is 21.4 Å². The van der Waals surface area contributed by atoms with Crippen molar-refractivity contribution in [3.05, 3.63) is 81.5 Å². The number of carboxylic acids is 1. The third-order valence-electron chi connectivity index (χ3n) is 5.99. The second kappa shape index (κ2) is 11.8. The maximum atomic E-state index is 13.1. The number of aromatic nitrogens is 2. The van der Waals surface area contributed by atoms with Crippen LogP contribution in [0.4, 0.5) is 11.4 Å². The van der Waals surface area contributed by atoms with Crippen LogP contribution in [0, 0.1) is 6.92 Å². The van der Waals surface area contributed by atoms with Crippen LogP contribution in [0.25, 0.3) is 17.0 Å². The first-order valence-corrected chi connectivity index (χ1v) is 10.9. The van der Waals surface area contributed by atoms with Gasteiger partial charge in [0.05, 0.1) is 16.9 Å². The number of phenolic OH excluding ortho intramolecular Hbond substituents is 1. The number of nitrogens with zero attached hydrogens (tertiary/aromatic N) is 3. The first kappa shape index (κ1) is 28.2. The summed E-state index contributed by atoms with van der Waals surface area (Å²) in [5.74, 6) is -1.51. The van der Waals surface area contributed by atoms with Crippen LogP contribution >= 0.6 is 0 Å². The fraction of sp³-hybridized carbons (Fsp3) is 0.200. The van der Waals surface area contributed by atoms with Crippen molar-refractivity contribution in [2.24, 2.45) is 10.2 Å². The zero-order valence-electron chi connectivity index (χ0n) is 22.4. The Balaban J connectivity index is 0.00000180. The number of fused-ring (bicyclic) bond motifs is 1. The number of para-hydroxylation sites is 1. The van der Waals surface area contributed by atoms with Crippen molar-refractivity contribution >= 4 is 17.3 Å². The molecular formula is C25H24N4Na2O5. The third-order valence-corrected chi connectivity index (χ3v) is 5.99. The van der Waals surface area contributed by atoms with Crippen LogP contribution in [0.1, 0.15) is 43.1 Å². The predicted molar refractivity (Wildman–Crippen MR) is 127 cm³/mol. The summed E-state index contributed by atoms with van der Waals surface area (Å²) in [6, 6.07) is 13.5. The second-order valence-corrected chi connectivity index (χ2v) is 8.23. The van der Waals surface area contributed by atoms with Gasteiger partial charge in [-0.25, -0.2) is 9.48 Å². The standard InChI is InChI=1S/C25H22N4O5.2Na.2H/c1-14-22(24(31)29(28-14)17-10-9-15-5-2-3-6-16(15)13-17)27-26-19-8-4-7-18(23(19)30)20-11-12-21(34-20)25(32)33;;;;/h4,7-13,28,30H,2-3,5-6H2,1H3,(H,32,33);;;;/q;2*+1;2*-1. The molecule has 176 valence electrons. The topological polar surface area (TPSA) is 133 Å². The number of carboxylic acid groups (broad SMARTS) is 1. The van der Waals surface area contributed by atoms with Gasteiger partial charge in [0.15, 0.2) is 11.4 Å². The van der Waals surface area contributed by atoms with E-state index in [0.717, 1.165) is 24.9 Å². The van der Waals surface area contributed by atoms with E-state index in [-0.39, 0.29) is 102 Å². The van der Waals surface area contributed by atoms with Gasteiger partial charge in [-0.2, -0.15) is 0 Å². The van der Waals surface area contributed by atoms with E-state index in [1.165, 1.54) is 40.4 Å². The molecule has 3 N–H and O–H groups in total. The Labute approximate surface area is 253 Å². The summed E-state index contributed by atoms with van der Waals surface area (Å²) in [6.07, 6.45) is 4.40. The van der Waals surface area contributed by atoms with Gasteiger partial charge >= 0.3 is 65.1 Å². The summed E-state index contributed by atoms with van der Waals surface area (Å²) in [4.78, 5) is 24.1. The molecule has 0 bridgehead atoms. The molecule has 0 saturated carbocycles. The number of azo groups is 1. The smallest absolute Gasteiger partial charge is 1.00 e. The Morgan fingerprint density at radius 1 is 1.06 bits per heavy atom. The molecule has 9 nitrogen and oxygen atoms in total. The molecule has 2 aromatic heterocycles. The molecule has 1 aliphatic rings. The molecule has 0 fully saturated rings. The number of aryl methyl sites for hydroxylation is 3. The number of phenols is 1. The molecule has 1 aliphatic carbocycles. The van der Waals surface area contributed by atoms with Gasteiger partial charge < -0.3 is 17.5 Å². The molecule has 0 spiro atoms. The summed E-state index contributed by atoms with van der Waals surface area (Å²) in [7, 11) is 0. The average Bonchev–Trinajstić information content (AvgIpc) is 3.43. The largest absolute Gasteiger partial charge is 1.00 e. The summed E-state index contributed by atoms with van der Waals surface area (Å²) >= 11 is 0. The predicted octanol–water partition coefficient (Wildman–Crippen LogP) is -0.335. The van der Waals surface area contributed by atoms with Gasteiger partial charge in [-0.15, -0.1) is 10.2 Å². The minimum Gasteiger partial charge on any atom is -1.00 e. The Kier molecular flexibility index (Phi) is 9.21. The number of aromatic amines is 1. The summed E-state index contributed by atoms with van der Waals surface area (Å²) in [5, 5.41) is 31.0. The Morgan fingerprint density at radius 3 is 2.53 bits per heavy atom. The second-order valence-electron chi connectivity index (χ2n) is 8.23. The number of aromatic carboxylic acids is 1. The monoisotopic (exact) mass is 506 g/mol. The number of hydrogen-bond donors (Lipinski definition) is 3. The normalized spacial score (nSPS) is 12.6. The number of H-pyrrole nitrogens is 1. The summed E-state index contributed by atoms with van der Waals surface area (Å²) < 4.78 is 6.72. The maximum absolute atomic E-state index is 13.1. The zero-order chi connectivity index (χ0) is 23.8. The molecule has 11 heteroatoms. The van der Waals surface area contributed by atoms with Crippen molar-refractivity contribution in [1.82, 2.24) is 9.78 Å². The van der Waals surface area contributed by atoms with E-state index in [4.69, 9.17) is 9.52 Å². The number of benzene rings is 2. The SMILES string of the molecule is Cc1[nH]n(-c2ccc3c(c2)CCCC3)c(=O)c1N=Nc1cccc(-c2ccc(C(=O)O)o2)c1O.[H-].[H-].[Na+].[Na+]. The van der Waals surface area contributed by atoms with E-state index in [9.17, 15) is 14.7 Å². The van der Waals surface area contributed by atoms with E-state index in [0.29, 0.717) is 5.69 Å². The zero-order valence-corrected chi connectivity index (χ0v) is 24.4. The van der Waals surface area contributed by atoms with Crippen molar-refractivity contribution in [3.63, 3.8) is 0 Å². The van der Waals surface area contributed by atoms with Crippen LogP contribution in [-0.4, -0.2) is 26.0 Å². The quantitative estimate of drug-likeness (QED) is 0.252. The Morgan fingerprint density at radius 2 is 1.81 bits per heavy atom. The fourth-order valence-corrected chi connectivity index (χ4v) is 4.21. The van der Waals surface area contributed by atoms with Crippen LogP contribution in [0.15, 0.2) is 68.0 Å². The van der Waals surface area contributed by atoms with E-state index < -0.39 is 5.97 Å². The van der Waals surface area contributed by atoms with Gasteiger partial charge in [0.25, 0.3) is 5.56 Å². The van der Waals surface area contributed by atoms with Crippen molar-refractivity contribution in [1.29, 1.82) is 0 Å². The molecule has 0 unspecified atom stereocenters. The molecule has 5 rings (SSSR count).